The van der Waals surface area contributed by atoms with E-state index >= 15 is 0 Å². The number of carbonyl (C=O) groups excluding carboxylic acids is 1. The zero-order valence-corrected chi connectivity index (χ0v) is 10.7. The molecule has 0 aliphatic rings. The van der Waals surface area contributed by atoms with Crippen LogP contribution in [0.4, 0.5) is 0 Å². The Balaban J connectivity index is -0.0000000168. The molecule has 0 spiro atoms. The highest BCUT2D eigenvalue weighted by atomic mass is 16.4. The zero-order valence-electron chi connectivity index (χ0n) is 10.7. The highest BCUT2D eigenvalue weighted by Crippen LogP contribution is 2.02. The molecule has 0 saturated carbocycles. The second-order valence-corrected chi connectivity index (χ2v) is 2.36. The maximum atomic E-state index is 9.90. The minimum absolute atomic E-state index is 0. The summed E-state index contributed by atoms with van der Waals surface area (Å²) in [7, 11) is 0. The number of carbonyl (C=O) groups is 1. The van der Waals surface area contributed by atoms with Crippen molar-refractivity contribution in [2.75, 3.05) is 6.61 Å². The minimum Gasteiger partial charge on any atom is -0.412 e. The van der Waals surface area contributed by atoms with Crippen molar-refractivity contribution in [2.24, 2.45) is 0 Å². The van der Waals surface area contributed by atoms with Gasteiger partial charge in [0, 0.05) is 0 Å². The first-order valence-electron chi connectivity index (χ1n) is 3.33. The van der Waals surface area contributed by atoms with Crippen LogP contribution in [0.1, 0.15) is 0 Å². The molecule has 15 nitrogen and oxygen atoms in total. The Morgan fingerprint density at radius 3 is 1.14 bits per heavy atom. The Kier molecular flexibility index (Phi) is 125. The molecule has 0 aromatic heterocycles. The number of aliphatic hydroxyl groups excluding tert-OH is 5. The molecule has 0 heterocycles. The Morgan fingerprint density at radius 2 is 0.952 bits per heavy atom. The van der Waals surface area contributed by atoms with Crippen molar-refractivity contribution in [3.63, 3.8) is 0 Å². The van der Waals surface area contributed by atoms with Gasteiger partial charge in [-0.2, -0.15) is 0 Å². The van der Waals surface area contributed by atoms with E-state index < -0.39 is 31.0 Å². The molecule has 0 aromatic carbocycles. The minimum atomic E-state index is -1.79. The van der Waals surface area contributed by atoms with Gasteiger partial charge in [0.1, 0.15) is 24.4 Å². The first kappa shape index (κ1) is 71.9. The van der Waals surface area contributed by atoms with Crippen LogP contribution in [0, 0.1) is 0 Å². The second kappa shape index (κ2) is 36.5. The SMILES string of the molecule is O.O.O.O.O.O.O.O.O.O=C[C@H](O)[C@@H](O)[C@H](O)[C@H](O)CO. The van der Waals surface area contributed by atoms with Crippen LogP contribution in [-0.2, 0) is 4.79 Å². The van der Waals surface area contributed by atoms with Gasteiger partial charge in [-0.05, 0) is 0 Å². The molecule has 0 aliphatic carbocycles. The lowest BCUT2D eigenvalue weighted by Crippen LogP contribution is -2.46. The van der Waals surface area contributed by atoms with Crippen LogP contribution in [0.5, 0.6) is 0 Å². The Bertz CT molecular complexity index is 144. The van der Waals surface area contributed by atoms with E-state index in [0.717, 1.165) is 0 Å². The number of rotatable bonds is 5. The lowest BCUT2D eigenvalue weighted by atomic mass is 10.0. The summed E-state index contributed by atoms with van der Waals surface area (Å²) in [5, 5.41) is 43.5. The van der Waals surface area contributed by atoms with Gasteiger partial charge in [0.15, 0.2) is 6.29 Å². The lowest BCUT2D eigenvalue weighted by Gasteiger charge is -2.22. The van der Waals surface area contributed by atoms with Crippen molar-refractivity contribution in [3.8, 4) is 0 Å². The van der Waals surface area contributed by atoms with Crippen molar-refractivity contribution in [2.45, 2.75) is 24.4 Å². The van der Waals surface area contributed by atoms with Gasteiger partial charge in [-0.1, -0.05) is 0 Å². The van der Waals surface area contributed by atoms with E-state index in [4.69, 9.17) is 25.5 Å². The third kappa shape index (κ3) is 24.5. The summed E-state index contributed by atoms with van der Waals surface area (Å²) in [6.07, 6.45) is -6.84. The quantitative estimate of drug-likeness (QED) is 0.301. The fourth-order valence-electron chi connectivity index (χ4n) is 0.618. The number of aliphatic hydroxyl groups is 5. The molecule has 15 heteroatoms. The van der Waals surface area contributed by atoms with Crippen LogP contribution < -0.4 is 0 Å². The number of aldehydes is 1. The van der Waals surface area contributed by atoms with Crippen molar-refractivity contribution < 1.29 is 79.6 Å². The van der Waals surface area contributed by atoms with E-state index in [-0.39, 0.29) is 55.6 Å². The summed E-state index contributed by atoms with van der Waals surface area (Å²) in [5.74, 6) is 0. The molecular weight excluding hydrogens is 312 g/mol. The second-order valence-electron chi connectivity index (χ2n) is 2.36. The molecule has 4 atom stereocenters. The Hall–Kier alpha value is -0.890. The summed E-state index contributed by atoms with van der Waals surface area (Å²) >= 11 is 0. The van der Waals surface area contributed by atoms with E-state index in [2.05, 4.69) is 0 Å². The molecule has 0 unspecified atom stereocenters. The average molecular weight is 342 g/mol. The highest BCUT2D eigenvalue weighted by Gasteiger charge is 2.29. The van der Waals surface area contributed by atoms with Gasteiger partial charge in [0.2, 0.25) is 0 Å². The van der Waals surface area contributed by atoms with Gasteiger partial charge >= 0.3 is 0 Å². The van der Waals surface area contributed by atoms with Gasteiger partial charge in [0.05, 0.1) is 6.61 Å². The standard InChI is InChI=1S/C6H12O6.9H2O/c7-1-3(9)5(11)6(12)4(10)2-8;;;;;;;;;/h1,3-6,8-12H,2H2;9*1H2/t3-,4+,5+,6+;;;;;;;;;/m0........./s1. The summed E-state index contributed by atoms with van der Waals surface area (Å²) in [5.41, 5.74) is 0. The number of hydrogen-bond donors (Lipinski definition) is 5. The molecule has 0 bridgehead atoms. The first-order valence-corrected chi connectivity index (χ1v) is 3.33. The van der Waals surface area contributed by atoms with Gasteiger partial charge in [-0.15, -0.1) is 0 Å². The molecule has 0 saturated heterocycles. The van der Waals surface area contributed by atoms with Crippen LogP contribution in [0.15, 0.2) is 0 Å². The van der Waals surface area contributed by atoms with Crippen LogP contribution in [0.25, 0.3) is 0 Å². The van der Waals surface area contributed by atoms with Crippen LogP contribution in [0.2, 0.25) is 0 Å². The van der Waals surface area contributed by atoms with E-state index in [1.165, 1.54) is 0 Å². The maximum Gasteiger partial charge on any atom is 0.151 e. The maximum absolute atomic E-state index is 9.90. The number of hydrogen-bond acceptors (Lipinski definition) is 6. The van der Waals surface area contributed by atoms with Crippen LogP contribution >= 0.6 is 0 Å². The molecule has 23 N–H and O–H groups in total. The smallest absolute Gasteiger partial charge is 0.151 e. The summed E-state index contributed by atoms with van der Waals surface area (Å²) in [4.78, 5) is 9.90. The molecule has 0 amide bonds. The Labute approximate surface area is 118 Å². The zero-order chi connectivity index (χ0) is 9.72. The largest absolute Gasteiger partial charge is 0.412 e. The predicted octanol–water partition coefficient (Wildman–Crippen LogP) is -10.8. The topological polar surface area (TPSA) is 402 Å². The fourth-order valence-corrected chi connectivity index (χ4v) is 0.618. The third-order valence-electron chi connectivity index (χ3n) is 1.42. The summed E-state index contributed by atoms with van der Waals surface area (Å²) in [6, 6.07) is 0. The van der Waals surface area contributed by atoms with Crippen molar-refractivity contribution in [3.05, 3.63) is 0 Å². The van der Waals surface area contributed by atoms with Crippen molar-refractivity contribution in [1.82, 2.24) is 0 Å². The predicted molar refractivity (Wildman–Crippen MR) is 69.7 cm³/mol. The van der Waals surface area contributed by atoms with E-state index in [1.54, 1.807) is 0 Å². The molecule has 0 radical (unpaired) electrons. The van der Waals surface area contributed by atoms with Crippen LogP contribution in [-0.4, -0.2) is 112 Å². The molecular formula is C6H30O15. The van der Waals surface area contributed by atoms with Crippen molar-refractivity contribution in [1.29, 1.82) is 0 Å². The monoisotopic (exact) mass is 342 g/mol. The molecule has 0 rings (SSSR count). The van der Waals surface area contributed by atoms with Crippen molar-refractivity contribution >= 4 is 6.29 Å². The molecule has 21 heavy (non-hydrogen) atoms. The Morgan fingerprint density at radius 1 is 0.667 bits per heavy atom. The van der Waals surface area contributed by atoms with Gasteiger partial charge in [0.25, 0.3) is 0 Å². The van der Waals surface area contributed by atoms with Gasteiger partial charge < -0.3 is 79.6 Å². The lowest BCUT2D eigenvalue weighted by molar-refractivity contribution is -0.136. The average Bonchev–Trinajstić information content (AvgIpc) is 2.12. The first-order chi connectivity index (χ1) is 5.54. The van der Waals surface area contributed by atoms with E-state index in [9.17, 15) is 4.79 Å². The van der Waals surface area contributed by atoms with E-state index in [0.29, 0.717) is 0 Å². The fraction of sp³-hybridized carbons (Fsp3) is 0.833. The molecule has 0 aromatic rings. The molecule has 0 aliphatic heterocycles. The normalized spacial score (nSPS) is 12.0. The molecule has 144 valence electrons. The summed E-state index contributed by atoms with van der Waals surface area (Å²) < 4.78 is 0. The van der Waals surface area contributed by atoms with E-state index in [1.807, 2.05) is 0 Å². The highest BCUT2D eigenvalue weighted by molar-refractivity contribution is 5.56. The molecule has 0 fully saturated rings. The third-order valence-corrected chi connectivity index (χ3v) is 1.42. The van der Waals surface area contributed by atoms with Crippen LogP contribution in [0.3, 0.4) is 0 Å². The van der Waals surface area contributed by atoms with Gasteiger partial charge in [-0.25, -0.2) is 0 Å². The van der Waals surface area contributed by atoms with Gasteiger partial charge in [-0.3, -0.25) is 0 Å². The summed E-state index contributed by atoms with van der Waals surface area (Å²) in [6.45, 7) is -0.760.